The van der Waals surface area contributed by atoms with Crippen LogP contribution in [0.15, 0.2) is 212 Å². The Morgan fingerprint density at radius 2 is 0.714 bits per heavy atom. The van der Waals surface area contributed by atoms with E-state index in [1.54, 1.807) is 0 Å². The lowest BCUT2D eigenvalue weighted by molar-refractivity contribution is 0.770. The number of hydrogen-bond acceptors (Lipinski definition) is 5. The van der Waals surface area contributed by atoms with Crippen molar-refractivity contribution >= 4 is 63.0 Å². The Labute approximate surface area is 372 Å². The lowest BCUT2D eigenvalue weighted by Crippen LogP contribution is -2.28. The zero-order valence-corrected chi connectivity index (χ0v) is 35.5. The van der Waals surface area contributed by atoms with Gasteiger partial charge in [0.25, 0.3) is 0 Å². The maximum atomic E-state index is 5.04. The van der Waals surface area contributed by atoms with Gasteiger partial charge in [0, 0.05) is 57.0 Å². The van der Waals surface area contributed by atoms with Crippen molar-refractivity contribution in [3.63, 3.8) is 0 Å². The average Bonchev–Trinajstić information content (AvgIpc) is 4.02. The monoisotopic (exact) mass is 837 g/mol. The lowest BCUT2D eigenvalue weighted by Gasteiger charge is -2.34. The van der Waals surface area contributed by atoms with Crippen molar-refractivity contribution < 1.29 is 0 Å². The Hall–Kier alpha value is -7.57. The summed E-state index contributed by atoms with van der Waals surface area (Å²) in [4.78, 5) is 15.0. The molecule has 0 N–H and O–H groups in total. The van der Waals surface area contributed by atoms with Crippen LogP contribution in [0, 0.1) is 0 Å². The summed E-state index contributed by atoms with van der Waals surface area (Å²) in [6, 6.07) is 77.2. The van der Waals surface area contributed by atoms with E-state index in [2.05, 4.69) is 152 Å². The van der Waals surface area contributed by atoms with Crippen molar-refractivity contribution in [3.8, 4) is 56.4 Å². The van der Waals surface area contributed by atoms with E-state index in [9.17, 15) is 0 Å². The summed E-state index contributed by atoms with van der Waals surface area (Å²) in [5, 5.41) is 5.05. The number of nitrogens with zero attached hydrogens (tertiary/aromatic N) is 3. The molecule has 0 aliphatic heterocycles. The molecular weight excluding hydrogens is 803 g/mol. The third-order valence-electron chi connectivity index (χ3n) is 12.8. The van der Waals surface area contributed by atoms with Crippen molar-refractivity contribution in [2.45, 2.75) is 5.41 Å². The van der Waals surface area contributed by atoms with Gasteiger partial charge in [-0.05, 0) is 93.0 Å². The predicted molar refractivity (Wildman–Crippen MR) is 265 cm³/mol. The highest BCUT2D eigenvalue weighted by molar-refractivity contribution is 7.26. The SMILES string of the molecule is c1ccc(-c2nc(-c3ccccc3)nc(-c3ccc4sc5ccc(-c6ccc(C7(c8ccc9sc%10ccccc%10c9c8)c8ccccc8-c8ccccc87)cc6)cc5c4c3)n2)cc1. The fourth-order valence-electron chi connectivity index (χ4n) is 9.93. The maximum Gasteiger partial charge on any atom is 0.164 e. The standard InChI is InChI=1S/C58H35N3S2/c1-3-13-37(14-4-1)55-59-56(38-15-5-2-6-16-38)61-57(60-55)40-26-31-53-47(34-40)46-33-39(25-30-52(46)63-53)36-23-27-41(28-24-36)58(49-20-10-7-17-43(49)44-18-8-11-21-50(44)58)42-29-32-54-48(35-42)45-19-9-12-22-51(45)62-54/h1-35H. The van der Waals surface area contributed by atoms with Gasteiger partial charge in [0.1, 0.15) is 0 Å². The molecule has 0 saturated heterocycles. The second-order valence-electron chi connectivity index (χ2n) is 16.3. The normalized spacial score (nSPS) is 12.9. The van der Waals surface area contributed by atoms with E-state index in [-0.39, 0.29) is 0 Å². The quantitative estimate of drug-likeness (QED) is 0.167. The average molecular weight is 838 g/mol. The van der Waals surface area contributed by atoms with Crippen LogP contribution in [0.3, 0.4) is 0 Å². The molecule has 13 rings (SSSR count). The van der Waals surface area contributed by atoms with E-state index in [0.717, 1.165) is 16.7 Å². The highest BCUT2D eigenvalue weighted by Gasteiger charge is 2.46. The number of hydrogen-bond donors (Lipinski definition) is 0. The molecule has 0 bridgehead atoms. The molecule has 1 aliphatic rings. The van der Waals surface area contributed by atoms with Crippen LogP contribution in [0.5, 0.6) is 0 Å². The third-order valence-corrected chi connectivity index (χ3v) is 15.1. The number of rotatable bonds is 6. The van der Waals surface area contributed by atoms with Crippen LogP contribution in [-0.4, -0.2) is 15.0 Å². The van der Waals surface area contributed by atoms with Gasteiger partial charge in [0.2, 0.25) is 0 Å². The first-order valence-corrected chi connectivity index (χ1v) is 22.9. The van der Waals surface area contributed by atoms with Crippen molar-refractivity contribution in [1.82, 2.24) is 15.0 Å². The largest absolute Gasteiger partial charge is 0.208 e. The van der Waals surface area contributed by atoms with Crippen LogP contribution < -0.4 is 0 Å². The molecule has 0 unspecified atom stereocenters. The molecule has 3 aromatic heterocycles. The Kier molecular flexibility index (Phi) is 8.17. The molecule has 0 spiro atoms. The molecule has 294 valence electrons. The number of thiophene rings is 2. The second kappa shape index (κ2) is 14.2. The Bertz CT molecular complexity index is 3630. The highest BCUT2D eigenvalue weighted by atomic mass is 32.1. The lowest BCUT2D eigenvalue weighted by atomic mass is 9.67. The number of benzene rings is 9. The van der Waals surface area contributed by atoms with Gasteiger partial charge in [0.15, 0.2) is 17.5 Å². The molecule has 0 radical (unpaired) electrons. The molecule has 0 fully saturated rings. The summed E-state index contributed by atoms with van der Waals surface area (Å²) in [5.74, 6) is 1.98. The first kappa shape index (κ1) is 36.1. The topological polar surface area (TPSA) is 38.7 Å². The van der Waals surface area contributed by atoms with E-state index in [4.69, 9.17) is 15.0 Å². The predicted octanol–water partition coefficient (Wildman–Crippen LogP) is 15.6. The Morgan fingerprint density at radius 1 is 0.286 bits per heavy atom. The zero-order valence-electron chi connectivity index (χ0n) is 33.9. The van der Waals surface area contributed by atoms with E-state index >= 15 is 0 Å². The van der Waals surface area contributed by atoms with Gasteiger partial charge in [-0.1, -0.05) is 164 Å². The summed E-state index contributed by atoms with van der Waals surface area (Å²) in [6.45, 7) is 0. The first-order chi connectivity index (χ1) is 31.2. The van der Waals surface area contributed by atoms with Gasteiger partial charge >= 0.3 is 0 Å². The summed E-state index contributed by atoms with van der Waals surface area (Å²) < 4.78 is 5.12. The van der Waals surface area contributed by atoms with Gasteiger partial charge in [0.05, 0.1) is 5.41 Å². The fraction of sp³-hybridized carbons (Fsp3) is 0.0172. The fourth-order valence-corrected chi connectivity index (χ4v) is 12.1. The van der Waals surface area contributed by atoms with Crippen LogP contribution in [0.2, 0.25) is 0 Å². The van der Waals surface area contributed by atoms with Crippen LogP contribution in [0.1, 0.15) is 22.3 Å². The summed E-state index contributed by atoms with van der Waals surface area (Å²) >= 11 is 3.69. The molecule has 5 heteroatoms. The van der Waals surface area contributed by atoms with Crippen molar-refractivity contribution in [2.24, 2.45) is 0 Å². The molecule has 12 aromatic rings. The van der Waals surface area contributed by atoms with Gasteiger partial charge < -0.3 is 0 Å². The minimum atomic E-state index is -0.483. The Morgan fingerprint density at radius 3 is 1.33 bits per heavy atom. The van der Waals surface area contributed by atoms with Crippen molar-refractivity contribution in [1.29, 1.82) is 0 Å². The van der Waals surface area contributed by atoms with Crippen molar-refractivity contribution in [3.05, 3.63) is 235 Å². The molecule has 0 saturated carbocycles. The van der Waals surface area contributed by atoms with E-state index in [1.807, 2.05) is 83.3 Å². The van der Waals surface area contributed by atoms with E-state index in [0.29, 0.717) is 17.5 Å². The highest BCUT2D eigenvalue weighted by Crippen LogP contribution is 2.57. The minimum absolute atomic E-state index is 0.483. The summed E-state index contributed by atoms with van der Waals surface area (Å²) in [6.07, 6.45) is 0. The van der Waals surface area contributed by atoms with Gasteiger partial charge in [-0.15, -0.1) is 22.7 Å². The van der Waals surface area contributed by atoms with Crippen LogP contribution >= 0.6 is 22.7 Å². The molecule has 1 aliphatic carbocycles. The Balaban J connectivity index is 0.937. The van der Waals surface area contributed by atoms with Gasteiger partial charge in [-0.25, -0.2) is 15.0 Å². The minimum Gasteiger partial charge on any atom is -0.208 e. The number of fused-ring (bicyclic) bond motifs is 9. The molecule has 0 amide bonds. The van der Waals surface area contributed by atoms with E-state index < -0.39 is 5.41 Å². The number of aromatic nitrogens is 3. The van der Waals surface area contributed by atoms with E-state index in [1.165, 1.54) is 84.9 Å². The molecule has 9 aromatic carbocycles. The molecular formula is C58H35N3S2. The van der Waals surface area contributed by atoms with Crippen molar-refractivity contribution in [2.75, 3.05) is 0 Å². The summed E-state index contributed by atoms with van der Waals surface area (Å²) in [5.41, 5.74) is 12.6. The maximum absolute atomic E-state index is 5.04. The van der Waals surface area contributed by atoms with Gasteiger partial charge in [-0.3, -0.25) is 0 Å². The third kappa shape index (κ3) is 5.67. The smallest absolute Gasteiger partial charge is 0.164 e. The molecule has 63 heavy (non-hydrogen) atoms. The first-order valence-electron chi connectivity index (χ1n) is 21.2. The zero-order chi connectivity index (χ0) is 41.5. The van der Waals surface area contributed by atoms with Crippen LogP contribution in [-0.2, 0) is 5.41 Å². The molecule has 3 nitrogen and oxygen atoms in total. The second-order valence-corrected chi connectivity index (χ2v) is 18.5. The van der Waals surface area contributed by atoms with Gasteiger partial charge in [-0.2, -0.15) is 0 Å². The summed E-state index contributed by atoms with van der Waals surface area (Å²) in [7, 11) is 0. The van der Waals surface area contributed by atoms with Crippen LogP contribution in [0.4, 0.5) is 0 Å². The molecule has 0 atom stereocenters. The molecule has 3 heterocycles. The van der Waals surface area contributed by atoms with Crippen LogP contribution in [0.25, 0.3) is 96.8 Å².